The van der Waals surface area contributed by atoms with Crippen LogP contribution in [0.4, 0.5) is 0 Å². The molecule has 2 heteroatoms. The summed E-state index contributed by atoms with van der Waals surface area (Å²) in [6, 6.07) is 1.25. The third kappa shape index (κ3) is 1.50. The van der Waals surface area contributed by atoms with Crippen LogP contribution in [0, 0.1) is 5.92 Å². The highest BCUT2D eigenvalue weighted by Crippen LogP contribution is 2.37. The lowest BCUT2D eigenvalue weighted by Gasteiger charge is -2.25. The summed E-state index contributed by atoms with van der Waals surface area (Å²) in [5.41, 5.74) is 5.81. The quantitative estimate of drug-likeness (QED) is 0.671. The Kier molecular flexibility index (Phi) is 2.37. The van der Waals surface area contributed by atoms with Gasteiger partial charge in [-0.1, -0.05) is 6.42 Å². The molecule has 0 aromatic rings. The van der Waals surface area contributed by atoms with E-state index in [4.69, 9.17) is 5.73 Å². The lowest BCUT2D eigenvalue weighted by Crippen LogP contribution is -2.38. The van der Waals surface area contributed by atoms with E-state index >= 15 is 0 Å². The molecule has 2 fully saturated rings. The van der Waals surface area contributed by atoms with Crippen LogP contribution in [0.3, 0.4) is 0 Å². The Hall–Kier alpha value is -0.0800. The van der Waals surface area contributed by atoms with Crippen LogP contribution >= 0.6 is 0 Å². The first-order chi connectivity index (χ1) is 5.77. The average Bonchev–Trinajstić information content (AvgIpc) is 2.52. The maximum atomic E-state index is 5.81. The molecule has 1 heterocycles. The van der Waals surface area contributed by atoms with E-state index in [2.05, 4.69) is 11.8 Å². The third-order valence-corrected chi connectivity index (χ3v) is 3.40. The Bertz CT molecular complexity index is 156. The first-order valence-corrected chi connectivity index (χ1v) is 5.27. The highest BCUT2D eigenvalue weighted by Gasteiger charge is 2.37. The molecule has 0 bridgehead atoms. The Morgan fingerprint density at radius 3 is 3.00 bits per heavy atom. The zero-order valence-corrected chi connectivity index (χ0v) is 8.00. The van der Waals surface area contributed by atoms with Gasteiger partial charge in [0.1, 0.15) is 0 Å². The predicted octanol–water partition coefficient (Wildman–Crippen LogP) is 1.21. The Morgan fingerprint density at radius 1 is 1.42 bits per heavy atom. The van der Waals surface area contributed by atoms with Gasteiger partial charge in [-0.05, 0) is 38.6 Å². The molecular weight excluding hydrogens is 148 g/mol. The molecule has 2 rings (SSSR count). The van der Waals surface area contributed by atoms with Gasteiger partial charge in [0.05, 0.1) is 0 Å². The summed E-state index contributed by atoms with van der Waals surface area (Å²) in [6.45, 7) is 4.53. The molecule has 2 nitrogen and oxygen atoms in total. The predicted molar refractivity (Wildman–Crippen MR) is 51.0 cm³/mol. The van der Waals surface area contributed by atoms with Crippen molar-refractivity contribution in [1.29, 1.82) is 0 Å². The van der Waals surface area contributed by atoms with Crippen molar-refractivity contribution in [1.82, 2.24) is 4.90 Å². The molecule has 2 unspecified atom stereocenters. The van der Waals surface area contributed by atoms with E-state index in [1.54, 1.807) is 0 Å². The minimum absolute atomic E-state index is 0.351. The summed E-state index contributed by atoms with van der Waals surface area (Å²) < 4.78 is 0. The lowest BCUT2D eigenvalue weighted by molar-refractivity contribution is 0.231. The van der Waals surface area contributed by atoms with Gasteiger partial charge >= 0.3 is 0 Å². The highest BCUT2D eigenvalue weighted by molar-refractivity contribution is 4.92. The molecule has 1 aliphatic heterocycles. The van der Waals surface area contributed by atoms with Crippen LogP contribution in [0.2, 0.25) is 0 Å². The van der Waals surface area contributed by atoms with Gasteiger partial charge in [-0.3, -0.25) is 4.90 Å². The molecule has 1 saturated carbocycles. The van der Waals surface area contributed by atoms with Crippen LogP contribution in [0.25, 0.3) is 0 Å². The summed E-state index contributed by atoms with van der Waals surface area (Å²) >= 11 is 0. The molecule has 0 aromatic carbocycles. The van der Waals surface area contributed by atoms with Crippen molar-refractivity contribution in [2.45, 2.75) is 44.7 Å². The van der Waals surface area contributed by atoms with Crippen molar-refractivity contribution in [3.8, 4) is 0 Å². The summed E-state index contributed by atoms with van der Waals surface area (Å²) in [5, 5.41) is 0. The number of hydrogen-bond donors (Lipinski definition) is 1. The number of hydrogen-bond acceptors (Lipinski definition) is 2. The molecular formula is C10H20N2. The smallest absolute Gasteiger partial charge is 0.0139 e. The van der Waals surface area contributed by atoms with Crippen LogP contribution in [-0.4, -0.2) is 30.1 Å². The molecule has 1 aliphatic carbocycles. The third-order valence-electron chi connectivity index (χ3n) is 3.40. The first-order valence-electron chi connectivity index (χ1n) is 5.27. The molecule has 12 heavy (non-hydrogen) atoms. The topological polar surface area (TPSA) is 29.3 Å². The van der Waals surface area contributed by atoms with Crippen molar-refractivity contribution in [3.05, 3.63) is 0 Å². The minimum Gasteiger partial charge on any atom is -0.327 e. The van der Waals surface area contributed by atoms with Crippen LogP contribution in [-0.2, 0) is 0 Å². The Balaban J connectivity index is 1.91. The molecule has 70 valence electrons. The summed E-state index contributed by atoms with van der Waals surface area (Å²) in [5.74, 6) is 1.02. The monoisotopic (exact) mass is 168 g/mol. The molecule has 0 amide bonds. The van der Waals surface area contributed by atoms with Gasteiger partial charge in [0.25, 0.3) is 0 Å². The molecule has 2 N–H and O–H groups in total. The number of nitrogens with two attached hydrogens (primary N) is 1. The van der Waals surface area contributed by atoms with E-state index < -0.39 is 0 Å². The van der Waals surface area contributed by atoms with Crippen LogP contribution in [0.5, 0.6) is 0 Å². The fourth-order valence-corrected chi connectivity index (χ4v) is 2.93. The maximum absolute atomic E-state index is 5.81. The number of rotatable bonds is 2. The molecule has 2 aliphatic rings. The van der Waals surface area contributed by atoms with Crippen molar-refractivity contribution in [2.24, 2.45) is 11.7 Å². The van der Waals surface area contributed by atoms with Crippen molar-refractivity contribution in [3.63, 3.8) is 0 Å². The van der Waals surface area contributed by atoms with Crippen molar-refractivity contribution in [2.75, 3.05) is 13.1 Å². The van der Waals surface area contributed by atoms with E-state index in [-0.39, 0.29) is 0 Å². The summed E-state index contributed by atoms with van der Waals surface area (Å²) in [6.07, 6.45) is 5.78. The van der Waals surface area contributed by atoms with Gasteiger partial charge < -0.3 is 5.73 Å². The van der Waals surface area contributed by atoms with E-state index in [1.165, 1.54) is 32.2 Å². The maximum Gasteiger partial charge on any atom is 0.0139 e. The van der Waals surface area contributed by atoms with Gasteiger partial charge in [0, 0.05) is 18.6 Å². The molecule has 1 saturated heterocycles. The SMILES string of the molecule is C[C@@H](N)CN1CCC2CCCC21. The molecule has 0 radical (unpaired) electrons. The fourth-order valence-electron chi connectivity index (χ4n) is 2.93. The van der Waals surface area contributed by atoms with Crippen molar-refractivity contribution >= 4 is 0 Å². The summed E-state index contributed by atoms with van der Waals surface area (Å²) in [7, 11) is 0. The standard InChI is InChI=1S/C10H20N2/c1-8(11)7-12-6-5-9-3-2-4-10(9)12/h8-10H,2-7,11H2,1H3/t8-,9?,10?/m1/s1. The zero-order chi connectivity index (χ0) is 8.55. The molecule has 0 aromatic heterocycles. The second kappa shape index (κ2) is 3.35. The van der Waals surface area contributed by atoms with E-state index in [0.717, 1.165) is 18.5 Å². The largest absolute Gasteiger partial charge is 0.327 e. The first kappa shape index (κ1) is 8.52. The van der Waals surface area contributed by atoms with Crippen molar-refractivity contribution < 1.29 is 0 Å². The van der Waals surface area contributed by atoms with Gasteiger partial charge in [0.15, 0.2) is 0 Å². The second-order valence-electron chi connectivity index (χ2n) is 4.52. The van der Waals surface area contributed by atoms with Gasteiger partial charge in [-0.15, -0.1) is 0 Å². The fraction of sp³-hybridized carbons (Fsp3) is 1.00. The van der Waals surface area contributed by atoms with E-state index in [9.17, 15) is 0 Å². The lowest BCUT2D eigenvalue weighted by atomic mass is 10.0. The zero-order valence-electron chi connectivity index (χ0n) is 8.00. The normalized spacial score (nSPS) is 38.5. The minimum atomic E-state index is 0.351. The Labute approximate surface area is 75.1 Å². The van der Waals surface area contributed by atoms with E-state index in [0.29, 0.717) is 6.04 Å². The molecule has 0 spiro atoms. The van der Waals surface area contributed by atoms with Crippen LogP contribution in [0.1, 0.15) is 32.6 Å². The average molecular weight is 168 g/mol. The van der Waals surface area contributed by atoms with Gasteiger partial charge in [-0.2, -0.15) is 0 Å². The summed E-state index contributed by atoms with van der Waals surface area (Å²) in [4.78, 5) is 2.61. The highest BCUT2D eigenvalue weighted by atomic mass is 15.2. The number of nitrogens with zero attached hydrogens (tertiary/aromatic N) is 1. The number of fused-ring (bicyclic) bond motifs is 1. The van der Waals surface area contributed by atoms with Gasteiger partial charge in [-0.25, -0.2) is 0 Å². The van der Waals surface area contributed by atoms with Crippen LogP contribution in [0.15, 0.2) is 0 Å². The second-order valence-corrected chi connectivity index (χ2v) is 4.52. The molecule has 3 atom stereocenters. The van der Waals surface area contributed by atoms with E-state index in [1.807, 2.05) is 0 Å². The Morgan fingerprint density at radius 2 is 2.25 bits per heavy atom. The van der Waals surface area contributed by atoms with Crippen LogP contribution < -0.4 is 5.73 Å². The van der Waals surface area contributed by atoms with Gasteiger partial charge in [0.2, 0.25) is 0 Å². The number of likely N-dealkylation sites (tertiary alicyclic amines) is 1.